The fourth-order valence-electron chi connectivity index (χ4n) is 3.25. The summed E-state index contributed by atoms with van der Waals surface area (Å²) in [6.07, 6.45) is 1.91. The zero-order valence-corrected chi connectivity index (χ0v) is 17.4. The summed E-state index contributed by atoms with van der Waals surface area (Å²) in [5, 5.41) is 0.624. The molecule has 0 radical (unpaired) electrons. The first-order chi connectivity index (χ1) is 14.1. The summed E-state index contributed by atoms with van der Waals surface area (Å²) in [5.74, 6) is 2.35. The van der Waals surface area contributed by atoms with Gasteiger partial charge in [0.15, 0.2) is 0 Å². The van der Waals surface area contributed by atoms with Gasteiger partial charge >= 0.3 is 0 Å². The Kier molecular flexibility index (Phi) is 7.25. The van der Waals surface area contributed by atoms with Crippen LogP contribution < -0.4 is 15.0 Å². The maximum Gasteiger partial charge on any atom is 0.258 e. The summed E-state index contributed by atoms with van der Waals surface area (Å²) in [7, 11) is 1.65. The van der Waals surface area contributed by atoms with Crippen molar-refractivity contribution in [2.24, 2.45) is 0 Å². The summed E-state index contributed by atoms with van der Waals surface area (Å²) >= 11 is 0. The topological polar surface area (TPSA) is 67.5 Å². The molecule has 0 aliphatic carbocycles. The van der Waals surface area contributed by atoms with Gasteiger partial charge in [0.2, 0.25) is 0 Å². The normalized spacial score (nSPS) is 12.3. The lowest BCUT2D eigenvalue weighted by molar-refractivity contribution is 0.173. The molecule has 0 saturated heterocycles. The van der Waals surface area contributed by atoms with E-state index in [0.29, 0.717) is 30.4 Å². The highest BCUT2D eigenvalue weighted by Gasteiger charge is 2.15. The Labute approximate surface area is 171 Å². The number of H-pyrrole nitrogens is 1. The minimum absolute atomic E-state index is 0.0856. The standard InChI is InChI=1S/C23H29N3O3/c1-4-17(2)26(14-7-15-29-19-12-10-18(28-3)11-13-19)16-22-24-21-9-6-5-8-20(21)23(27)25-22/h5-6,8-13,17H,4,7,14-16H2,1-3H3,(H,24,25,27). The zero-order valence-electron chi connectivity index (χ0n) is 17.4. The van der Waals surface area contributed by atoms with Crippen LogP contribution in [0.1, 0.15) is 32.5 Å². The van der Waals surface area contributed by atoms with Crippen molar-refractivity contribution in [3.63, 3.8) is 0 Å². The molecular weight excluding hydrogens is 366 g/mol. The summed E-state index contributed by atoms with van der Waals surface area (Å²) in [5.41, 5.74) is 0.649. The number of aromatic nitrogens is 2. The smallest absolute Gasteiger partial charge is 0.258 e. The number of rotatable bonds is 10. The van der Waals surface area contributed by atoms with Crippen molar-refractivity contribution in [1.29, 1.82) is 0 Å². The zero-order chi connectivity index (χ0) is 20.6. The number of benzene rings is 2. The van der Waals surface area contributed by atoms with Crippen LogP contribution in [-0.2, 0) is 6.54 Å². The Hall–Kier alpha value is -2.86. The van der Waals surface area contributed by atoms with Gasteiger partial charge in [0.25, 0.3) is 5.56 Å². The van der Waals surface area contributed by atoms with E-state index in [1.165, 1.54) is 0 Å². The molecule has 1 N–H and O–H groups in total. The number of fused-ring (bicyclic) bond motifs is 1. The van der Waals surface area contributed by atoms with Crippen LogP contribution in [0.3, 0.4) is 0 Å². The van der Waals surface area contributed by atoms with Gasteiger partial charge in [-0.3, -0.25) is 9.69 Å². The van der Waals surface area contributed by atoms with Crippen LogP contribution in [0, 0.1) is 0 Å². The molecule has 6 heteroatoms. The Morgan fingerprint density at radius 2 is 1.83 bits per heavy atom. The van der Waals surface area contributed by atoms with Crippen LogP contribution in [0.5, 0.6) is 11.5 Å². The van der Waals surface area contributed by atoms with Gasteiger partial charge in [-0.2, -0.15) is 0 Å². The van der Waals surface area contributed by atoms with E-state index in [0.717, 1.165) is 36.4 Å². The lowest BCUT2D eigenvalue weighted by Gasteiger charge is -2.28. The molecule has 1 atom stereocenters. The molecule has 1 unspecified atom stereocenters. The molecule has 0 saturated carbocycles. The third kappa shape index (κ3) is 5.57. The number of nitrogens with one attached hydrogen (secondary N) is 1. The van der Waals surface area contributed by atoms with E-state index in [1.54, 1.807) is 13.2 Å². The highest BCUT2D eigenvalue weighted by molar-refractivity contribution is 5.77. The Balaban J connectivity index is 1.60. The van der Waals surface area contributed by atoms with Gasteiger partial charge in [-0.05, 0) is 56.2 Å². The van der Waals surface area contributed by atoms with E-state index in [4.69, 9.17) is 9.47 Å². The molecule has 154 valence electrons. The molecule has 6 nitrogen and oxygen atoms in total. The van der Waals surface area contributed by atoms with Gasteiger partial charge in [0.1, 0.15) is 17.3 Å². The molecule has 1 aromatic heterocycles. The monoisotopic (exact) mass is 395 g/mol. The highest BCUT2D eigenvalue weighted by Crippen LogP contribution is 2.17. The van der Waals surface area contributed by atoms with Crippen LogP contribution in [0.25, 0.3) is 10.9 Å². The van der Waals surface area contributed by atoms with Gasteiger partial charge in [-0.25, -0.2) is 4.98 Å². The summed E-state index contributed by atoms with van der Waals surface area (Å²) in [4.78, 5) is 22.3. The largest absolute Gasteiger partial charge is 0.497 e. The number of methoxy groups -OCH3 is 1. The van der Waals surface area contributed by atoms with Crippen molar-refractivity contribution in [2.75, 3.05) is 20.3 Å². The molecule has 0 aliphatic heterocycles. The van der Waals surface area contributed by atoms with E-state index < -0.39 is 0 Å². The van der Waals surface area contributed by atoms with E-state index in [-0.39, 0.29) is 5.56 Å². The number of hydrogen-bond acceptors (Lipinski definition) is 5. The molecule has 1 heterocycles. The maximum atomic E-state index is 12.3. The predicted octanol–water partition coefficient (Wildman–Crippen LogP) is 4.00. The first-order valence-electron chi connectivity index (χ1n) is 10.1. The van der Waals surface area contributed by atoms with E-state index in [9.17, 15) is 4.79 Å². The molecule has 0 aliphatic rings. The number of nitrogens with zero attached hydrogens (tertiary/aromatic N) is 2. The molecule has 3 rings (SSSR count). The summed E-state index contributed by atoms with van der Waals surface area (Å²) < 4.78 is 11.0. The number of ether oxygens (including phenoxy) is 2. The predicted molar refractivity (Wildman–Crippen MR) is 116 cm³/mol. The molecular formula is C23H29N3O3. The minimum atomic E-state index is -0.0856. The van der Waals surface area contributed by atoms with Crippen molar-refractivity contribution >= 4 is 10.9 Å². The minimum Gasteiger partial charge on any atom is -0.497 e. The fourth-order valence-corrected chi connectivity index (χ4v) is 3.25. The average Bonchev–Trinajstić information content (AvgIpc) is 2.75. The highest BCUT2D eigenvalue weighted by atomic mass is 16.5. The van der Waals surface area contributed by atoms with Gasteiger partial charge in [0, 0.05) is 12.6 Å². The lowest BCUT2D eigenvalue weighted by atomic mass is 10.2. The summed E-state index contributed by atoms with van der Waals surface area (Å²) in [6, 6.07) is 15.4. The van der Waals surface area contributed by atoms with E-state index in [1.807, 2.05) is 42.5 Å². The van der Waals surface area contributed by atoms with Gasteiger partial charge in [0.05, 0.1) is 31.2 Å². The second-order valence-corrected chi connectivity index (χ2v) is 7.14. The number of hydrogen-bond donors (Lipinski definition) is 1. The lowest BCUT2D eigenvalue weighted by Crippen LogP contribution is -2.35. The Morgan fingerprint density at radius 3 is 2.55 bits per heavy atom. The van der Waals surface area contributed by atoms with Gasteiger partial charge < -0.3 is 14.5 Å². The third-order valence-corrected chi connectivity index (χ3v) is 5.15. The molecule has 29 heavy (non-hydrogen) atoms. The average molecular weight is 396 g/mol. The van der Waals surface area contributed by atoms with E-state index in [2.05, 4.69) is 28.7 Å². The molecule has 0 spiro atoms. The van der Waals surface area contributed by atoms with Crippen LogP contribution in [0.4, 0.5) is 0 Å². The molecule has 3 aromatic rings. The quantitative estimate of drug-likeness (QED) is 0.526. The van der Waals surface area contributed by atoms with Crippen LogP contribution >= 0.6 is 0 Å². The molecule has 0 bridgehead atoms. The fraction of sp³-hybridized carbons (Fsp3) is 0.391. The second-order valence-electron chi connectivity index (χ2n) is 7.14. The maximum absolute atomic E-state index is 12.3. The van der Waals surface area contributed by atoms with Gasteiger partial charge in [-0.1, -0.05) is 19.1 Å². The van der Waals surface area contributed by atoms with Crippen molar-refractivity contribution in [2.45, 2.75) is 39.3 Å². The Bertz CT molecular complexity index is 969. The molecule has 0 fully saturated rings. The number of aromatic amines is 1. The third-order valence-electron chi connectivity index (χ3n) is 5.15. The molecule has 2 aromatic carbocycles. The van der Waals surface area contributed by atoms with Crippen molar-refractivity contribution in [1.82, 2.24) is 14.9 Å². The summed E-state index contributed by atoms with van der Waals surface area (Å²) in [6.45, 7) is 6.46. The second kappa shape index (κ2) is 10.1. The van der Waals surface area contributed by atoms with Crippen LogP contribution in [-0.4, -0.2) is 41.2 Å². The first-order valence-corrected chi connectivity index (χ1v) is 10.1. The SMILES string of the molecule is CCC(C)N(CCCOc1ccc(OC)cc1)Cc1nc2ccccc2c(=O)[nH]1. The van der Waals surface area contributed by atoms with Crippen molar-refractivity contribution in [3.05, 3.63) is 64.7 Å². The van der Waals surface area contributed by atoms with Gasteiger partial charge in [-0.15, -0.1) is 0 Å². The van der Waals surface area contributed by atoms with E-state index >= 15 is 0 Å². The van der Waals surface area contributed by atoms with Crippen LogP contribution in [0.2, 0.25) is 0 Å². The van der Waals surface area contributed by atoms with Crippen molar-refractivity contribution in [3.8, 4) is 11.5 Å². The van der Waals surface area contributed by atoms with Crippen LogP contribution in [0.15, 0.2) is 53.3 Å². The number of para-hydroxylation sites is 1. The first kappa shape index (κ1) is 20.9. The van der Waals surface area contributed by atoms with Crippen molar-refractivity contribution < 1.29 is 9.47 Å². The Morgan fingerprint density at radius 1 is 1.10 bits per heavy atom. The molecule has 0 amide bonds.